The van der Waals surface area contributed by atoms with Crippen molar-refractivity contribution < 1.29 is 18.1 Å². The highest BCUT2D eigenvalue weighted by Gasteiger charge is 2.25. The Morgan fingerprint density at radius 2 is 1.71 bits per heavy atom. The first kappa shape index (κ1) is 21.3. The second-order valence-electron chi connectivity index (χ2n) is 7.28. The zero-order valence-electron chi connectivity index (χ0n) is 16.4. The number of nitrogens with zero attached hydrogens (tertiary/aromatic N) is 1. The number of nitro groups is 1. The number of benzene rings is 2. The third-order valence-electron chi connectivity index (χ3n) is 3.83. The Balaban J connectivity index is 2.49. The number of methoxy groups -OCH3 is 1. The zero-order chi connectivity index (χ0) is 21.1. The first-order valence-corrected chi connectivity index (χ1v) is 10.3. The van der Waals surface area contributed by atoms with Crippen molar-refractivity contribution in [2.45, 2.75) is 26.2 Å². The lowest BCUT2D eigenvalue weighted by Crippen LogP contribution is -2.14. The van der Waals surface area contributed by atoms with Gasteiger partial charge in [-0.1, -0.05) is 32.6 Å². The predicted octanol–water partition coefficient (Wildman–Crippen LogP) is 3.67. The molecule has 0 aliphatic carbocycles. The molecule has 0 aliphatic heterocycles. The minimum atomic E-state index is -3.35. The Labute approximate surface area is 164 Å². The van der Waals surface area contributed by atoms with Gasteiger partial charge in [-0.15, -0.1) is 0 Å². The first-order chi connectivity index (χ1) is 12.9. The van der Waals surface area contributed by atoms with Gasteiger partial charge < -0.3 is 4.74 Å². The SMILES string of the molecule is COc1c(C#Cc2ccc(NS(C)(=O)=O)cc2)cc([N+](=O)[O-])cc1C(C)(C)C. The molecule has 0 aromatic heterocycles. The molecule has 0 aliphatic rings. The second kappa shape index (κ2) is 7.90. The van der Waals surface area contributed by atoms with E-state index in [2.05, 4.69) is 16.6 Å². The van der Waals surface area contributed by atoms with E-state index in [1.165, 1.54) is 19.2 Å². The van der Waals surface area contributed by atoms with Gasteiger partial charge in [0, 0.05) is 28.9 Å². The summed E-state index contributed by atoms with van der Waals surface area (Å²) >= 11 is 0. The number of anilines is 1. The van der Waals surface area contributed by atoms with E-state index in [-0.39, 0.29) is 11.1 Å². The van der Waals surface area contributed by atoms with Crippen molar-refractivity contribution in [2.75, 3.05) is 18.1 Å². The van der Waals surface area contributed by atoms with Gasteiger partial charge in [0.05, 0.1) is 23.9 Å². The van der Waals surface area contributed by atoms with Crippen molar-refractivity contribution in [1.29, 1.82) is 0 Å². The maximum Gasteiger partial charge on any atom is 0.271 e. The molecule has 0 heterocycles. The van der Waals surface area contributed by atoms with Crippen LogP contribution in [0, 0.1) is 22.0 Å². The van der Waals surface area contributed by atoms with Crippen LogP contribution in [0.1, 0.15) is 37.5 Å². The number of ether oxygens (including phenoxy) is 1. The summed E-state index contributed by atoms with van der Waals surface area (Å²) in [5, 5.41) is 11.3. The molecule has 0 unspecified atom stereocenters. The molecule has 0 saturated carbocycles. The molecule has 1 N–H and O–H groups in total. The van der Waals surface area contributed by atoms with E-state index in [0.29, 0.717) is 28.1 Å². The molecule has 148 valence electrons. The summed E-state index contributed by atoms with van der Waals surface area (Å²) in [5.41, 5.74) is 1.75. The Morgan fingerprint density at radius 3 is 2.18 bits per heavy atom. The second-order valence-corrected chi connectivity index (χ2v) is 9.03. The smallest absolute Gasteiger partial charge is 0.271 e. The Bertz CT molecular complexity index is 1060. The lowest BCUT2D eigenvalue weighted by molar-refractivity contribution is -0.385. The fraction of sp³-hybridized carbons (Fsp3) is 0.300. The molecule has 0 fully saturated rings. The van der Waals surface area contributed by atoms with Gasteiger partial charge in [-0.3, -0.25) is 14.8 Å². The third-order valence-corrected chi connectivity index (χ3v) is 4.43. The third kappa shape index (κ3) is 5.47. The maximum absolute atomic E-state index is 11.3. The molecule has 2 aromatic rings. The molecular formula is C20H22N2O5S. The average molecular weight is 402 g/mol. The summed E-state index contributed by atoms with van der Waals surface area (Å²) < 4.78 is 30.4. The van der Waals surface area contributed by atoms with E-state index in [4.69, 9.17) is 4.74 Å². The molecule has 8 heteroatoms. The van der Waals surface area contributed by atoms with E-state index >= 15 is 0 Å². The van der Waals surface area contributed by atoms with Gasteiger partial charge in [-0.2, -0.15) is 0 Å². The highest BCUT2D eigenvalue weighted by molar-refractivity contribution is 7.92. The molecule has 2 rings (SSSR count). The van der Waals surface area contributed by atoms with Gasteiger partial charge >= 0.3 is 0 Å². The summed E-state index contributed by atoms with van der Waals surface area (Å²) in [6.45, 7) is 5.83. The molecule has 7 nitrogen and oxygen atoms in total. The number of nitro benzene ring substituents is 1. The molecule has 0 saturated heterocycles. The lowest BCUT2D eigenvalue weighted by Gasteiger charge is -2.22. The summed E-state index contributed by atoms with van der Waals surface area (Å²) in [5.74, 6) is 6.38. The van der Waals surface area contributed by atoms with Gasteiger partial charge in [0.25, 0.3) is 5.69 Å². The molecule has 0 amide bonds. The van der Waals surface area contributed by atoms with E-state index in [1.807, 2.05) is 20.8 Å². The van der Waals surface area contributed by atoms with Crippen LogP contribution >= 0.6 is 0 Å². The zero-order valence-corrected chi connectivity index (χ0v) is 17.2. The van der Waals surface area contributed by atoms with Gasteiger partial charge in [0.15, 0.2) is 0 Å². The van der Waals surface area contributed by atoms with E-state index in [0.717, 1.165) is 6.26 Å². The summed E-state index contributed by atoms with van der Waals surface area (Å²) in [4.78, 5) is 10.9. The standard InChI is InChI=1S/C20H22N2O5S/c1-20(2,3)18-13-17(22(23)24)12-15(19(18)27-4)9-6-14-7-10-16(11-8-14)21-28(5,25)26/h7-8,10-13,21H,1-5H3. The van der Waals surface area contributed by atoms with Crippen molar-refractivity contribution in [3.8, 4) is 17.6 Å². The van der Waals surface area contributed by atoms with Gasteiger partial charge in [0.1, 0.15) is 5.75 Å². The number of hydrogen-bond acceptors (Lipinski definition) is 5. The van der Waals surface area contributed by atoms with Crippen LogP contribution in [0.3, 0.4) is 0 Å². The predicted molar refractivity (Wildman–Crippen MR) is 109 cm³/mol. The number of nitrogens with one attached hydrogen (secondary N) is 1. The van der Waals surface area contributed by atoms with Crippen molar-refractivity contribution in [3.05, 3.63) is 63.2 Å². The van der Waals surface area contributed by atoms with Crippen LogP contribution in [0.25, 0.3) is 0 Å². The van der Waals surface area contributed by atoms with Crippen LogP contribution in [0.15, 0.2) is 36.4 Å². The van der Waals surface area contributed by atoms with Crippen LogP contribution < -0.4 is 9.46 Å². The van der Waals surface area contributed by atoms with Gasteiger partial charge in [-0.05, 0) is 29.7 Å². The number of rotatable bonds is 4. The summed E-state index contributed by atoms with van der Waals surface area (Å²) in [6, 6.07) is 9.41. The van der Waals surface area contributed by atoms with Crippen molar-refractivity contribution >= 4 is 21.4 Å². The monoisotopic (exact) mass is 402 g/mol. The highest BCUT2D eigenvalue weighted by atomic mass is 32.2. The van der Waals surface area contributed by atoms with Crippen LogP contribution in [-0.2, 0) is 15.4 Å². The molecule has 0 spiro atoms. The summed E-state index contributed by atoms with van der Waals surface area (Å²) in [6.07, 6.45) is 1.07. The van der Waals surface area contributed by atoms with E-state index in [9.17, 15) is 18.5 Å². The van der Waals surface area contributed by atoms with Crippen molar-refractivity contribution in [2.24, 2.45) is 0 Å². The maximum atomic E-state index is 11.3. The van der Waals surface area contributed by atoms with Crippen molar-refractivity contribution in [3.63, 3.8) is 0 Å². The van der Waals surface area contributed by atoms with Gasteiger partial charge in [-0.25, -0.2) is 8.42 Å². The van der Waals surface area contributed by atoms with Crippen LogP contribution in [0.5, 0.6) is 5.75 Å². The van der Waals surface area contributed by atoms with Gasteiger partial charge in [0.2, 0.25) is 10.0 Å². The number of sulfonamides is 1. The number of hydrogen-bond donors (Lipinski definition) is 1. The molecular weight excluding hydrogens is 380 g/mol. The molecule has 0 atom stereocenters. The lowest BCUT2D eigenvalue weighted by atomic mass is 9.84. The van der Waals surface area contributed by atoms with Crippen molar-refractivity contribution in [1.82, 2.24) is 0 Å². The van der Waals surface area contributed by atoms with E-state index < -0.39 is 14.9 Å². The summed E-state index contributed by atoms with van der Waals surface area (Å²) in [7, 11) is -1.85. The quantitative estimate of drug-likeness (QED) is 0.478. The minimum absolute atomic E-state index is 0.0530. The van der Waals surface area contributed by atoms with E-state index in [1.54, 1.807) is 24.3 Å². The normalized spacial score (nSPS) is 11.3. The molecule has 28 heavy (non-hydrogen) atoms. The molecule has 0 radical (unpaired) electrons. The Kier molecular flexibility index (Phi) is 6.00. The van der Waals surface area contributed by atoms with Crippen LogP contribution in [0.2, 0.25) is 0 Å². The fourth-order valence-electron chi connectivity index (χ4n) is 2.56. The Hall–Kier alpha value is -3.05. The largest absolute Gasteiger partial charge is 0.495 e. The van der Waals surface area contributed by atoms with Crippen LogP contribution in [-0.4, -0.2) is 26.7 Å². The first-order valence-electron chi connectivity index (χ1n) is 8.37. The average Bonchev–Trinajstić information content (AvgIpc) is 2.58. The minimum Gasteiger partial charge on any atom is -0.495 e. The topological polar surface area (TPSA) is 98.5 Å². The Morgan fingerprint density at radius 1 is 1.11 bits per heavy atom. The fourth-order valence-corrected chi connectivity index (χ4v) is 3.13. The number of non-ortho nitro benzene ring substituents is 1. The molecule has 2 aromatic carbocycles. The van der Waals surface area contributed by atoms with Crippen LogP contribution in [0.4, 0.5) is 11.4 Å². The highest BCUT2D eigenvalue weighted by Crippen LogP contribution is 2.37. The molecule has 0 bridgehead atoms.